The smallest absolute Gasteiger partial charge is 0.416 e. The maximum absolute atomic E-state index is 13.6. The lowest BCUT2D eigenvalue weighted by Crippen LogP contribution is -2.30. The molecule has 0 saturated carbocycles. The molecule has 0 aliphatic carbocycles. The second-order valence-electron chi connectivity index (χ2n) is 8.03. The van der Waals surface area contributed by atoms with Crippen molar-refractivity contribution in [2.24, 2.45) is 5.16 Å². The van der Waals surface area contributed by atoms with Crippen LogP contribution in [0.25, 0.3) is 11.1 Å². The fraction of sp³-hybridized carbons (Fsp3) is 0.259. The van der Waals surface area contributed by atoms with Gasteiger partial charge < -0.3 is 14.4 Å². The van der Waals surface area contributed by atoms with Crippen molar-refractivity contribution in [3.63, 3.8) is 0 Å². The number of alkyl halides is 3. The molecule has 0 radical (unpaired) electrons. The molecule has 0 aliphatic rings. The van der Waals surface area contributed by atoms with Gasteiger partial charge in [0, 0.05) is 11.1 Å². The minimum atomic E-state index is -4.52. The number of benzene rings is 3. The summed E-state index contributed by atoms with van der Waals surface area (Å²) in [5, 5.41) is 4.08. The number of rotatable bonds is 9. The first-order valence-corrected chi connectivity index (χ1v) is 11.0. The van der Waals surface area contributed by atoms with E-state index in [-0.39, 0.29) is 17.9 Å². The van der Waals surface area contributed by atoms with Gasteiger partial charge in [0.1, 0.15) is 6.61 Å². The van der Waals surface area contributed by atoms with Crippen molar-refractivity contribution in [1.82, 2.24) is 5.48 Å². The lowest BCUT2D eigenvalue weighted by atomic mass is 9.97. The Hall–Kier alpha value is -3.69. The molecule has 9 heteroatoms. The molecular formula is C27H27F3N2O4. The van der Waals surface area contributed by atoms with Crippen molar-refractivity contribution in [3.05, 3.63) is 94.5 Å². The highest BCUT2D eigenvalue weighted by Crippen LogP contribution is 2.34. The SMILES string of the molecule is CONC(C(=O)OC)c1cccc(C)c1CO/N=C(\C)c1cc(-c2ccccc2)cc(C(F)(F)F)c1. The van der Waals surface area contributed by atoms with E-state index in [0.29, 0.717) is 22.3 Å². The molecule has 0 aliphatic heterocycles. The number of hydroxylamine groups is 1. The lowest BCUT2D eigenvalue weighted by Gasteiger charge is -2.19. The van der Waals surface area contributed by atoms with Crippen molar-refractivity contribution in [2.45, 2.75) is 32.7 Å². The number of nitrogens with one attached hydrogen (secondary N) is 1. The van der Waals surface area contributed by atoms with Gasteiger partial charge in [0.25, 0.3) is 0 Å². The summed E-state index contributed by atoms with van der Waals surface area (Å²) in [6.07, 6.45) is -4.52. The first kappa shape index (κ1) is 26.9. The summed E-state index contributed by atoms with van der Waals surface area (Å²) in [7, 11) is 2.65. The van der Waals surface area contributed by atoms with Crippen LogP contribution in [0.4, 0.5) is 13.2 Å². The van der Waals surface area contributed by atoms with Crippen LogP contribution < -0.4 is 5.48 Å². The lowest BCUT2D eigenvalue weighted by molar-refractivity contribution is -0.147. The number of nitrogens with zero attached hydrogens (tertiary/aromatic N) is 1. The average Bonchev–Trinajstić information content (AvgIpc) is 2.87. The predicted octanol–water partition coefficient (Wildman–Crippen LogP) is 5.99. The van der Waals surface area contributed by atoms with Crippen LogP contribution in [0.1, 0.15) is 40.8 Å². The summed E-state index contributed by atoms with van der Waals surface area (Å²) in [4.78, 5) is 22.8. The molecule has 0 aromatic heterocycles. The fourth-order valence-corrected chi connectivity index (χ4v) is 3.71. The fourth-order valence-electron chi connectivity index (χ4n) is 3.71. The quantitative estimate of drug-likeness (QED) is 0.222. The minimum Gasteiger partial charge on any atom is -0.468 e. The van der Waals surface area contributed by atoms with Crippen LogP contribution in [0, 0.1) is 6.92 Å². The summed E-state index contributed by atoms with van der Waals surface area (Å²) >= 11 is 0. The zero-order valence-electron chi connectivity index (χ0n) is 20.3. The predicted molar refractivity (Wildman–Crippen MR) is 130 cm³/mol. The van der Waals surface area contributed by atoms with Crippen LogP contribution in [0.15, 0.2) is 71.9 Å². The van der Waals surface area contributed by atoms with Gasteiger partial charge in [-0.2, -0.15) is 18.7 Å². The number of carbonyl (C=O) groups is 1. The van der Waals surface area contributed by atoms with Gasteiger partial charge in [-0.25, -0.2) is 4.79 Å². The van der Waals surface area contributed by atoms with Gasteiger partial charge in [-0.1, -0.05) is 53.7 Å². The third-order valence-electron chi connectivity index (χ3n) is 5.63. The minimum absolute atomic E-state index is 0.0251. The van der Waals surface area contributed by atoms with Crippen LogP contribution >= 0.6 is 0 Å². The molecule has 3 aromatic carbocycles. The van der Waals surface area contributed by atoms with E-state index in [1.54, 1.807) is 55.5 Å². The number of aryl methyl sites for hydroxylation is 1. The first-order valence-electron chi connectivity index (χ1n) is 11.0. The van der Waals surface area contributed by atoms with Crippen molar-refractivity contribution < 1.29 is 32.4 Å². The molecule has 1 N–H and O–H groups in total. The maximum Gasteiger partial charge on any atom is 0.416 e. The zero-order chi connectivity index (χ0) is 26.3. The zero-order valence-corrected chi connectivity index (χ0v) is 20.3. The van der Waals surface area contributed by atoms with E-state index in [4.69, 9.17) is 14.4 Å². The average molecular weight is 501 g/mol. The van der Waals surface area contributed by atoms with Gasteiger partial charge in [-0.05, 0) is 54.3 Å². The second kappa shape index (κ2) is 11.8. The van der Waals surface area contributed by atoms with Gasteiger partial charge in [0.15, 0.2) is 6.04 Å². The van der Waals surface area contributed by atoms with Gasteiger partial charge in [0.05, 0.1) is 25.5 Å². The Morgan fingerprint density at radius 3 is 2.36 bits per heavy atom. The molecular weight excluding hydrogens is 473 g/mol. The molecule has 0 saturated heterocycles. The highest BCUT2D eigenvalue weighted by Gasteiger charge is 2.31. The van der Waals surface area contributed by atoms with Crippen LogP contribution in [-0.4, -0.2) is 25.9 Å². The van der Waals surface area contributed by atoms with E-state index in [1.165, 1.54) is 14.2 Å². The Labute approximate surface area is 207 Å². The van der Waals surface area contributed by atoms with Crippen LogP contribution in [0.2, 0.25) is 0 Å². The van der Waals surface area contributed by atoms with E-state index < -0.39 is 23.8 Å². The molecule has 0 bridgehead atoms. The van der Waals surface area contributed by atoms with E-state index in [0.717, 1.165) is 17.7 Å². The molecule has 3 aromatic rings. The molecule has 36 heavy (non-hydrogen) atoms. The summed E-state index contributed by atoms with van der Waals surface area (Å²) in [6.45, 7) is 3.40. The van der Waals surface area contributed by atoms with Crippen LogP contribution in [0.3, 0.4) is 0 Å². The number of carbonyl (C=O) groups excluding carboxylic acids is 1. The number of methoxy groups -OCH3 is 1. The van der Waals surface area contributed by atoms with E-state index >= 15 is 0 Å². The van der Waals surface area contributed by atoms with Gasteiger partial charge in [-0.3, -0.25) is 0 Å². The molecule has 190 valence electrons. The van der Waals surface area contributed by atoms with Crippen molar-refractivity contribution >= 4 is 11.7 Å². The topological polar surface area (TPSA) is 69.2 Å². The van der Waals surface area contributed by atoms with Gasteiger partial charge in [-0.15, -0.1) is 0 Å². The van der Waals surface area contributed by atoms with E-state index in [9.17, 15) is 18.0 Å². The van der Waals surface area contributed by atoms with Gasteiger partial charge in [0.2, 0.25) is 0 Å². The van der Waals surface area contributed by atoms with Crippen LogP contribution in [-0.2, 0) is 32.0 Å². The molecule has 0 amide bonds. The molecule has 3 rings (SSSR count). The number of hydrogen-bond acceptors (Lipinski definition) is 6. The number of oxime groups is 1. The Kier molecular flexibility index (Phi) is 8.84. The second-order valence-corrected chi connectivity index (χ2v) is 8.03. The highest BCUT2D eigenvalue weighted by molar-refractivity contribution is 5.99. The molecule has 1 unspecified atom stereocenters. The number of halogens is 3. The van der Waals surface area contributed by atoms with Crippen molar-refractivity contribution in [2.75, 3.05) is 14.2 Å². The Morgan fingerprint density at radius 2 is 1.72 bits per heavy atom. The molecule has 0 heterocycles. The third kappa shape index (κ3) is 6.50. The summed E-state index contributed by atoms with van der Waals surface area (Å²) in [6, 6.07) is 17.1. The van der Waals surface area contributed by atoms with E-state index in [2.05, 4.69) is 10.6 Å². The Bertz CT molecular complexity index is 1230. The standard InChI is InChI=1S/C27H27F3N2O4/c1-17-9-8-12-23(25(32-35-4)26(33)34-3)24(17)16-36-31-18(2)20-13-21(19-10-6-5-7-11-19)15-22(14-20)27(28,29)30/h5-15,25,32H,16H2,1-4H3/b31-18+. The Morgan fingerprint density at radius 1 is 1.00 bits per heavy atom. The van der Waals surface area contributed by atoms with Crippen molar-refractivity contribution in [3.8, 4) is 11.1 Å². The third-order valence-corrected chi connectivity index (χ3v) is 5.63. The maximum atomic E-state index is 13.6. The first-order chi connectivity index (χ1) is 17.2. The number of ether oxygens (including phenoxy) is 1. The summed E-state index contributed by atoms with van der Waals surface area (Å²) in [5.41, 5.74) is 5.53. The van der Waals surface area contributed by atoms with Crippen molar-refractivity contribution in [1.29, 1.82) is 0 Å². The normalized spacial score (nSPS) is 12.8. The largest absolute Gasteiger partial charge is 0.468 e. The summed E-state index contributed by atoms with van der Waals surface area (Å²) in [5.74, 6) is -0.555. The molecule has 6 nitrogen and oxygen atoms in total. The molecule has 0 fully saturated rings. The molecule has 0 spiro atoms. The summed E-state index contributed by atoms with van der Waals surface area (Å²) < 4.78 is 45.7. The highest BCUT2D eigenvalue weighted by atomic mass is 19.4. The van der Waals surface area contributed by atoms with Gasteiger partial charge >= 0.3 is 12.1 Å². The van der Waals surface area contributed by atoms with E-state index in [1.807, 2.05) is 13.0 Å². The molecule has 1 atom stereocenters. The van der Waals surface area contributed by atoms with Crippen LogP contribution in [0.5, 0.6) is 0 Å². The monoisotopic (exact) mass is 500 g/mol. The number of hydrogen-bond donors (Lipinski definition) is 1. The Balaban J connectivity index is 1.91. The number of esters is 1.